The normalized spacial score (nSPS) is 11.0. The van der Waals surface area contributed by atoms with Gasteiger partial charge in [0.1, 0.15) is 5.75 Å². The molecule has 0 aliphatic rings. The van der Waals surface area contributed by atoms with Gasteiger partial charge in [-0.2, -0.15) is 0 Å². The molecular formula is C21H19ClN2O4S. The van der Waals surface area contributed by atoms with Gasteiger partial charge in [-0.15, -0.1) is 0 Å². The van der Waals surface area contributed by atoms with Crippen LogP contribution in [-0.4, -0.2) is 21.4 Å². The largest absolute Gasteiger partial charge is 0.495 e. The number of carbonyl (C=O) groups is 1. The molecule has 0 aromatic heterocycles. The average Bonchev–Trinajstić information content (AvgIpc) is 2.71. The van der Waals surface area contributed by atoms with Crippen LogP contribution >= 0.6 is 11.6 Å². The van der Waals surface area contributed by atoms with Crippen molar-refractivity contribution in [3.05, 3.63) is 82.9 Å². The average molecular weight is 431 g/mol. The van der Waals surface area contributed by atoms with Crippen LogP contribution in [0.2, 0.25) is 5.02 Å². The van der Waals surface area contributed by atoms with Crippen LogP contribution in [0.3, 0.4) is 0 Å². The maximum absolute atomic E-state index is 12.6. The molecule has 1 amide bonds. The molecule has 0 saturated carbocycles. The van der Waals surface area contributed by atoms with E-state index in [4.69, 9.17) is 16.3 Å². The smallest absolute Gasteiger partial charge is 0.261 e. The Kier molecular flexibility index (Phi) is 6.10. The summed E-state index contributed by atoms with van der Waals surface area (Å²) in [6.07, 6.45) is 0. The fourth-order valence-corrected chi connectivity index (χ4v) is 3.84. The Labute approximate surface area is 174 Å². The SMILES string of the molecule is COc1cc(Cl)c(C)cc1NC(=O)c1ccc(S(=O)(=O)Nc2ccccc2)cc1. The maximum atomic E-state index is 12.6. The maximum Gasteiger partial charge on any atom is 0.261 e. The third-order valence-corrected chi connectivity index (χ3v) is 5.99. The second-order valence-electron chi connectivity index (χ2n) is 6.25. The van der Waals surface area contributed by atoms with Gasteiger partial charge in [-0.1, -0.05) is 29.8 Å². The van der Waals surface area contributed by atoms with Crippen LogP contribution in [-0.2, 0) is 10.0 Å². The first-order valence-corrected chi connectivity index (χ1v) is 10.5. The highest BCUT2D eigenvalue weighted by Crippen LogP contribution is 2.31. The molecule has 3 rings (SSSR count). The van der Waals surface area contributed by atoms with Gasteiger partial charge >= 0.3 is 0 Å². The van der Waals surface area contributed by atoms with Crippen molar-refractivity contribution in [2.45, 2.75) is 11.8 Å². The number of hydrogen-bond donors (Lipinski definition) is 2. The van der Waals surface area contributed by atoms with Gasteiger partial charge in [0.2, 0.25) is 0 Å². The number of anilines is 2. The van der Waals surface area contributed by atoms with E-state index in [2.05, 4.69) is 10.0 Å². The Morgan fingerprint density at radius 2 is 1.66 bits per heavy atom. The fraction of sp³-hybridized carbons (Fsp3) is 0.0952. The van der Waals surface area contributed by atoms with Crippen molar-refractivity contribution in [3.8, 4) is 5.75 Å². The van der Waals surface area contributed by atoms with E-state index < -0.39 is 15.9 Å². The van der Waals surface area contributed by atoms with Crippen molar-refractivity contribution >= 4 is 38.9 Å². The minimum Gasteiger partial charge on any atom is -0.495 e. The van der Waals surface area contributed by atoms with Crippen LogP contribution in [0.25, 0.3) is 0 Å². The van der Waals surface area contributed by atoms with Gasteiger partial charge in [-0.05, 0) is 55.0 Å². The fourth-order valence-electron chi connectivity index (χ4n) is 2.63. The van der Waals surface area contributed by atoms with Gasteiger partial charge in [-0.3, -0.25) is 9.52 Å². The number of rotatable bonds is 6. The van der Waals surface area contributed by atoms with Crippen molar-refractivity contribution in [1.29, 1.82) is 0 Å². The molecule has 0 bridgehead atoms. The molecule has 150 valence electrons. The molecule has 0 spiro atoms. The lowest BCUT2D eigenvalue weighted by Crippen LogP contribution is -2.15. The summed E-state index contributed by atoms with van der Waals surface area (Å²) in [5.41, 5.74) is 2.02. The van der Waals surface area contributed by atoms with Crippen molar-refractivity contribution in [2.75, 3.05) is 17.1 Å². The number of amides is 1. The quantitative estimate of drug-likeness (QED) is 0.593. The summed E-state index contributed by atoms with van der Waals surface area (Å²) >= 11 is 6.08. The highest BCUT2D eigenvalue weighted by atomic mass is 35.5. The summed E-state index contributed by atoms with van der Waals surface area (Å²) < 4.78 is 32.7. The van der Waals surface area contributed by atoms with E-state index >= 15 is 0 Å². The minimum absolute atomic E-state index is 0.0535. The number of nitrogens with one attached hydrogen (secondary N) is 2. The molecule has 0 aliphatic heterocycles. The Morgan fingerprint density at radius 1 is 1.00 bits per heavy atom. The minimum atomic E-state index is -3.75. The number of benzene rings is 3. The number of para-hydroxylation sites is 1. The molecule has 0 unspecified atom stereocenters. The predicted octanol–water partition coefficient (Wildman–Crippen LogP) is 4.71. The van der Waals surface area contributed by atoms with Crippen LogP contribution in [0.1, 0.15) is 15.9 Å². The van der Waals surface area contributed by atoms with Gasteiger partial charge in [0, 0.05) is 22.3 Å². The van der Waals surface area contributed by atoms with E-state index in [1.807, 2.05) is 6.92 Å². The lowest BCUT2D eigenvalue weighted by atomic mass is 10.1. The molecular weight excluding hydrogens is 412 g/mol. The molecule has 0 aliphatic carbocycles. The number of sulfonamides is 1. The van der Waals surface area contributed by atoms with Gasteiger partial charge in [0.25, 0.3) is 15.9 Å². The van der Waals surface area contributed by atoms with E-state index in [-0.39, 0.29) is 4.90 Å². The third-order valence-electron chi connectivity index (χ3n) is 4.18. The third kappa shape index (κ3) is 4.88. The van der Waals surface area contributed by atoms with Gasteiger partial charge < -0.3 is 10.1 Å². The van der Waals surface area contributed by atoms with E-state index in [9.17, 15) is 13.2 Å². The molecule has 6 nitrogen and oxygen atoms in total. The zero-order valence-electron chi connectivity index (χ0n) is 15.8. The molecule has 0 fully saturated rings. The Morgan fingerprint density at radius 3 is 2.28 bits per heavy atom. The highest BCUT2D eigenvalue weighted by Gasteiger charge is 2.16. The van der Waals surface area contributed by atoms with Crippen LogP contribution < -0.4 is 14.8 Å². The molecule has 0 atom stereocenters. The monoisotopic (exact) mass is 430 g/mol. The first-order chi connectivity index (χ1) is 13.8. The number of carbonyl (C=O) groups excluding carboxylic acids is 1. The number of hydrogen-bond acceptors (Lipinski definition) is 4. The number of aryl methyl sites for hydroxylation is 1. The number of ether oxygens (including phenoxy) is 1. The van der Waals surface area contributed by atoms with Crippen LogP contribution in [0.4, 0.5) is 11.4 Å². The summed E-state index contributed by atoms with van der Waals surface area (Å²) in [5.74, 6) is 0.0326. The summed E-state index contributed by atoms with van der Waals surface area (Å²) in [6, 6.07) is 17.6. The van der Waals surface area contributed by atoms with Gasteiger partial charge in [-0.25, -0.2) is 8.42 Å². The van der Waals surface area contributed by atoms with Crippen molar-refractivity contribution < 1.29 is 17.9 Å². The Balaban J connectivity index is 1.78. The van der Waals surface area contributed by atoms with Crippen LogP contribution in [0.15, 0.2) is 71.6 Å². The standard InChI is InChI=1S/C21H19ClN2O4S/c1-14-12-19(20(28-2)13-18(14)22)23-21(25)15-8-10-17(11-9-15)29(26,27)24-16-6-4-3-5-7-16/h3-13,24H,1-2H3,(H,23,25). The van der Waals surface area contributed by atoms with Crippen molar-refractivity contribution in [2.24, 2.45) is 0 Å². The van der Waals surface area contributed by atoms with Crippen LogP contribution in [0.5, 0.6) is 5.75 Å². The second-order valence-corrected chi connectivity index (χ2v) is 8.34. The van der Waals surface area contributed by atoms with Crippen LogP contribution in [0, 0.1) is 6.92 Å². The molecule has 3 aromatic carbocycles. The first-order valence-electron chi connectivity index (χ1n) is 8.63. The van der Waals surface area contributed by atoms with Gasteiger partial charge in [0.15, 0.2) is 0 Å². The second kappa shape index (κ2) is 8.55. The zero-order valence-corrected chi connectivity index (χ0v) is 17.3. The molecule has 0 saturated heterocycles. The highest BCUT2D eigenvalue weighted by molar-refractivity contribution is 7.92. The Hall–Kier alpha value is -3.03. The molecule has 8 heteroatoms. The topological polar surface area (TPSA) is 84.5 Å². The lowest BCUT2D eigenvalue weighted by Gasteiger charge is -2.13. The molecule has 2 N–H and O–H groups in total. The summed E-state index contributed by atoms with van der Waals surface area (Å²) in [6.45, 7) is 1.82. The van der Waals surface area contributed by atoms with Crippen molar-refractivity contribution in [1.82, 2.24) is 0 Å². The number of halogens is 1. The molecule has 0 radical (unpaired) electrons. The van der Waals surface area contributed by atoms with Gasteiger partial charge in [0.05, 0.1) is 17.7 Å². The predicted molar refractivity (Wildman–Crippen MR) is 114 cm³/mol. The molecule has 3 aromatic rings. The zero-order chi connectivity index (χ0) is 21.0. The summed E-state index contributed by atoms with van der Waals surface area (Å²) in [4.78, 5) is 12.6. The van der Waals surface area contributed by atoms with Crippen molar-refractivity contribution in [3.63, 3.8) is 0 Å². The van der Waals surface area contributed by atoms with E-state index in [1.54, 1.807) is 42.5 Å². The molecule has 0 heterocycles. The first kappa shape index (κ1) is 20.7. The van der Waals surface area contributed by atoms with E-state index in [1.165, 1.54) is 31.4 Å². The molecule has 29 heavy (non-hydrogen) atoms. The summed E-state index contributed by atoms with van der Waals surface area (Å²) in [7, 11) is -2.27. The van der Waals surface area contributed by atoms with E-state index in [0.29, 0.717) is 27.7 Å². The number of methoxy groups -OCH3 is 1. The van der Waals surface area contributed by atoms with E-state index in [0.717, 1.165) is 5.56 Å². The summed E-state index contributed by atoms with van der Waals surface area (Å²) in [5, 5.41) is 3.28. The Bertz CT molecular complexity index is 1130. The lowest BCUT2D eigenvalue weighted by molar-refractivity contribution is 0.102.